The predicted octanol–water partition coefficient (Wildman–Crippen LogP) is 4.58. The van der Waals surface area contributed by atoms with Crippen LogP contribution in [0.3, 0.4) is 0 Å². The summed E-state index contributed by atoms with van der Waals surface area (Å²) in [6, 6.07) is 18.7. The van der Waals surface area contributed by atoms with Gasteiger partial charge in [-0.3, -0.25) is 9.10 Å². The lowest BCUT2D eigenvalue weighted by Crippen LogP contribution is -2.28. The topological polar surface area (TPSA) is 57.7 Å². The predicted molar refractivity (Wildman–Crippen MR) is 116 cm³/mol. The fraction of sp³-hybridized carbons (Fsp3) is 0.136. The van der Waals surface area contributed by atoms with Crippen molar-refractivity contribution in [2.75, 3.05) is 18.4 Å². The molecule has 5 nitrogen and oxygen atoms in total. The molecule has 0 aromatic heterocycles. The molecule has 0 aliphatic heterocycles. The molecular weight excluding hydrogens is 427 g/mol. The maximum Gasteiger partial charge on any atom is 0.264 e. The van der Waals surface area contributed by atoms with Gasteiger partial charge in [0.2, 0.25) is 0 Å². The molecule has 3 aromatic carbocycles. The molecule has 0 bridgehead atoms. The third-order valence-corrected chi connectivity index (χ3v) is 6.80. The highest BCUT2D eigenvalue weighted by Crippen LogP contribution is 2.24. The standard InChI is InChI=1S/C22H20ClFN2O3S/c1-25(15-19-20(23)12-7-13-21(19)24)22(27)16-8-6-11-18(14-16)30(28,29)26(2)17-9-4-3-5-10-17/h3-14H,15H2,1-2H3. The van der Waals surface area contributed by atoms with Crippen molar-refractivity contribution < 1.29 is 17.6 Å². The van der Waals surface area contributed by atoms with E-state index in [1.54, 1.807) is 36.4 Å². The second-order valence-electron chi connectivity index (χ2n) is 6.70. The first kappa shape index (κ1) is 21.8. The van der Waals surface area contributed by atoms with Gasteiger partial charge in [0.1, 0.15) is 5.82 Å². The molecule has 0 unspecified atom stereocenters. The summed E-state index contributed by atoms with van der Waals surface area (Å²) in [5.74, 6) is -0.961. The summed E-state index contributed by atoms with van der Waals surface area (Å²) in [6.45, 7) is -0.0504. The maximum absolute atomic E-state index is 14.0. The van der Waals surface area contributed by atoms with E-state index >= 15 is 0 Å². The molecule has 156 valence electrons. The van der Waals surface area contributed by atoms with Gasteiger partial charge in [0.25, 0.3) is 15.9 Å². The molecular formula is C22H20ClFN2O3S. The molecule has 0 saturated heterocycles. The first-order valence-corrected chi connectivity index (χ1v) is 10.9. The van der Waals surface area contributed by atoms with Gasteiger partial charge in [-0.25, -0.2) is 12.8 Å². The highest BCUT2D eigenvalue weighted by molar-refractivity contribution is 7.92. The van der Waals surface area contributed by atoms with Crippen molar-refractivity contribution in [2.45, 2.75) is 11.4 Å². The van der Waals surface area contributed by atoms with Gasteiger partial charge in [-0.2, -0.15) is 0 Å². The Labute approximate surface area is 180 Å². The van der Waals surface area contributed by atoms with Gasteiger partial charge in [-0.1, -0.05) is 41.9 Å². The maximum atomic E-state index is 14.0. The number of amides is 1. The fourth-order valence-electron chi connectivity index (χ4n) is 2.94. The van der Waals surface area contributed by atoms with Crippen molar-refractivity contribution in [1.82, 2.24) is 4.90 Å². The summed E-state index contributed by atoms with van der Waals surface area (Å²) in [7, 11) is -0.912. The van der Waals surface area contributed by atoms with Gasteiger partial charge in [0.15, 0.2) is 0 Å². The Hall–Kier alpha value is -2.90. The minimum atomic E-state index is -3.86. The average Bonchev–Trinajstić information content (AvgIpc) is 2.75. The molecule has 8 heteroatoms. The minimum Gasteiger partial charge on any atom is -0.337 e. The molecule has 0 aliphatic rings. The molecule has 0 heterocycles. The number of anilines is 1. The first-order chi connectivity index (χ1) is 14.2. The van der Waals surface area contributed by atoms with Crippen molar-refractivity contribution in [3.05, 3.63) is 94.8 Å². The van der Waals surface area contributed by atoms with Crippen molar-refractivity contribution >= 4 is 33.2 Å². The van der Waals surface area contributed by atoms with Gasteiger partial charge >= 0.3 is 0 Å². The van der Waals surface area contributed by atoms with Crippen LogP contribution in [0.15, 0.2) is 77.7 Å². The molecule has 3 aromatic rings. The van der Waals surface area contributed by atoms with Crippen LogP contribution < -0.4 is 4.31 Å². The zero-order valence-corrected chi connectivity index (χ0v) is 18.0. The molecule has 0 N–H and O–H groups in total. The summed E-state index contributed by atoms with van der Waals surface area (Å²) in [5.41, 5.74) is 0.871. The van der Waals surface area contributed by atoms with Crippen molar-refractivity contribution in [1.29, 1.82) is 0 Å². The van der Waals surface area contributed by atoms with E-state index in [1.807, 2.05) is 0 Å². The zero-order chi connectivity index (χ0) is 21.9. The molecule has 0 radical (unpaired) electrons. The van der Waals surface area contributed by atoms with E-state index in [2.05, 4.69) is 0 Å². The molecule has 3 rings (SSSR count). The van der Waals surface area contributed by atoms with Crippen LogP contribution in [0.5, 0.6) is 0 Å². The van der Waals surface area contributed by atoms with Crippen molar-refractivity contribution in [3.8, 4) is 0 Å². The number of para-hydroxylation sites is 1. The monoisotopic (exact) mass is 446 g/mol. The van der Waals surface area contributed by atoms with Crippen LogP contribution in [0.25, 0.3) is 0 Å². The average molecular weight is 447 g/mol. The van der Waals surface area contributed by atoms with Crippen LogP contribution in [0.1, 0.15) is 15.9 Å². The Morgan fingerprint density at radius 1 is 0.967 bits per heavy atom. The van der Waals surface area contributed by atoms with E-state index in [4.69, 9.17) is 11.6 Å². The van der Waals surface area contributed by atoms with Crippen LogP contribution in [0, 0.1) is 5.82 Å². The lowest BCUT2D eigenvalue weighted by Gasteiger charge is -2.21. The van der Waals surface area contributed by atoms with Crippen LogP contribution in [0.4, 0.5) is 10.1 Å². The van der Waals surface area contributed by atoms with E-state index in [0.717, 1.165) is 4.31 Å². The highest BCUT2D eigenvalue weighted by Gasteiger charge is 2.23. The molecule has 0 spiro atoms. The van der Waals surface area contributed by atoms with Crippen LogP contribution >= 0.6 is 11.6 Å². The van der Waals surface area contributed by atoms with E-state index in [9.17, 15) is 17.6 Å². The smallest absolute Gasteiger partial charge is 0.264 e. The fourth-order valence-corrected chi connectivity index (χ4v) is 4.40. The molecule has 0 fully saturated rings. The number of sulfonamides is 1. The van der Waals surface area contributed by atoms with Gasteiger partial charge in [-0.15, -0.1) is 0 Å². The molecule has 0 atom stereocenters. The summed E-state index contributed by atoms with van der Waals surface area (Å²) in [5, 5.41) is 0.218. The van der Waals surface area contributed by atoms with Crippen molar-refractivity contribution in [2.24, 2.45) is 0 Å². The summed E-state index contributed by atoms with van der Waals surface area (Å²) in [6.07, 6.45) is 0. The first-order valence-electron chi connectivity index (χ1n) is 9.04. The highest BCUT2D eigenvalue weighted by atomic mass is 35.5. The number of rotatable bonds is 6. The molecule has 30 heavy (non-hydrogen) atoms. The Morgan fingerprint density at radius 2 is 1.63 bits per heavy atom. The van der Waals surface area contributed by atoms with E-state index < -0.39 is 21.7 Å². The molecule has 0 saturated carbocycles. The number of halogens is 2. The molecule has 1 amide bonds. The van der Waals surface area contributed by atoms with Gasteiger partial charge < -0.3 is 4.90 Å². The second-order valence-corrected chi connectivity index (χ2v) is 9.07. The van der Waals surface area contributed by atoms with Gasteiger partial charge in [0.05, 0.1) is 10.6 Å². The van der Waals surface area contributed by atoms with E-state index in [1.165, 1.54) is 55.4 Å². The quantitative estimate of drug-likeness (QED) is 0.557. The van der Waals surface area contributed by atoms with Gasteiger partial charge in [-0.05, 0) is 42.5 Å². The van der Waals surface area contributed by atoms with Crippen LogP contribution in [0.2, 0.25) is 5.02 Å². The number of hydrogen-bond donors (Lipinski definition) is 0. The minimum absolute atomic E-state index is 0.0166. The summed E-state index contributed by atoms with van der Waals surface area (Å²) < 4.78 is 41.2. The second kappa shape index (κ2) is 8.85. The van der Waals surface area contributed by atoms with E-state index in [-0.39, 0.29) is 27.6 Å². The Balaban J connectivity index is 1.86. The Morgan fingerprint density at radius 3 is 2.30 bits per heavy atom. The molecule has 0 aliphatic carbocycles. The largest absolute Gasteiger partial charge is 0.337 e. The normalized spacial score (nSPS) is 11.2. The Bertz CT molecular complexity index is 1150. The number of carbonyl (C=O) groups excluding carboxylic acids is 1. The summed E-state index contributed by atoms with van der Waals surface area (Å²) in [4.78, 5) is 14.1. The number of nitrogens with zero attached hydrogens (tertiary/aromatic N) is 2. The SMILES string of the molecule is CN(Cc1c(F)cccc1Cl)C(=O)c1cccc(S(=O)(=O)N(C)c2ccccc2)c1. The lowest BCUT2D eigenvalue weighted by atomic mass is 10.1. The number of hydrogen-bond acceptors (Lipinski definition) is 3. The zero-order valence-electron chi connectivity index (χ0n) is 16.4. The van der Waals surface area contributed by atoms with Crippen LogP contribution in [-0.2, 0) is 16.6 Å². The lowest BCUT2D eigenvalue weighted by molar-refractivity contribution is 0.0783. The van der Waals surface area contributed by atoms with E-state index in [0.29, 0.717) is 5.69 Å². The Kier molecular flexibility index (Phi) is 6.43. The van der Waals surface area contributed by atoms with Crippen molar-refractivity contribution in [3.63, 3.8) is 0 Å². The number of benzene rings is 3. The van der Waals surface area contributed by atoms with Crippen LogP contribution in [-0.4, -0.2) is 33.3 Å². The number of carbonyl (C=O) groups is 1. The third kappa shape index (κ3) is 4.47. The van der Waals surface area contributed by atoms with Gasteiger partial charge in [0, 0.05) is 36.8 Å². The summed E-state index contributed by atoms with van der Waals surface area (Å²) >= 11 is 6.04. The third-order valence-electron chi connectivity index (χ3n) is 4.66.